The zero-order valence-corrected chi connectivity index (χ0v) is 9.11. The predicted molar refractivity (Wildman–Crippen MR) is 52.5 cm³/mol. The van der Waals surface area contributed by atoms with Crippen LogP contribution < -0.4 is 0 Å². The van der Waals surface area contributed by atoms with Gasteiger partial charge in [-0.1, -0.05) is 26.2 Å². The molecule has 0 bridgehead atoms. The Balaban J connectivity index is 2.54. The van der Waals surface area contributed by atoms with E-state index in [0.717, 1.165) is 25.7 Å². The molecule has 0 aromatic carbocycles. The van der Waals surface area contributed by atoms with E-state index >= 15 is 0 Å². The van der Waals surface area contributed by atoms with Gasteiger partial charge in [-0.3, -0.25) is 0 Å². The van der Waals surface area contributed by atoms with Gasteiger partial charge in [-0.2, -0.15) is 13.2 Å². The van der Waals surface area contributed by atoms with Crippen LogP contribution in [0.5, 0.6) is 0 Å². The molecule has 90 valence electrons. The van der Waals surface area contributed by atoms with Crippen LogP contribution in [0.1, 0.15) is 51.9 Å². The molecule has 1 fully saturated rings. The van der Waals surface area contributed by atoms with E-state index in [1.54, 1.807) is 0 Å². The average molecular weight is 224 g/mol. The Labute approximate surface area is 88.7 Å². The molecule has 0 spiro atoms. The molecule has 4 heteroatoms. The average Bonchev–Trinajstić information content (AvgIpc) is 2.15. The van der Waals surface area contributed by atoms with Crippen molar-refractivity contribution in [1.82, 2.24) is 0 Å². The molecule has 15 heavy (non-hydrogen) atoms. The standard InChI is InChI=1S/C11H19F3O/c1-2-9-5-3-4-6-10(9,15)7-8-11(12,13)14/h9,15H,2-8H2,1H3. The maximum atomic E-state index is 12.1. The van der Waals surface area contributed by atoms with Gasteiger partial charge in [-0.25, -0.2) is 0 Å². The lowest BCUT2D eigenvalue weighted by Crippen LogP contribution is -2.41. The molecule has 0 amide bonds. The van der Waals surface area contributed by atoms with Crippen molar-refractivity contribution in [2.24, 2.45) is 5.92 Å². The van der Waals surface area contributed by atoms with E-state index in [-0.39, 0.29) is 12.3 Å². The second-order valence-corrected chi connectivity index (χ2v) is 4.57. The van der Waals surface area contributed by atoms with Crippen molar-refractivity contribution in [2.45, 2.75) is 63.6 Å². The van der Waals surface area contributed by atoms with Crippen LogP contribution in [0.15, 0.2) is 0 Å². The molecule has 1 saturated carbocycles. The quantitative estimate of drug-likeness (QED) is 0.775. The second-order valence-electron chi connectivity index (χ2n) is 4.57. The normalized spacial score (nSPS) is 33.0. The maximum absolute atomic E-state index is 12.1. The van der Waals surface area contributed by atoms with Crippen molar-refractivity contribution >= 4 is 0 Å². The lowest BCUT2D eigenvalue weighted by Gasteiger charge is -2.40. The first-order valence-electron chi connectivity index (χ1n) is 5.66. The lowest BCUT2D eigenvalue weighted by atomic mass is 9.72. The molecule has 0 aliphatic heterocycles. The van der Waals surface area contributed by atoms with Crippen LogP contribution in [0.4, 0.5) is 13.2 Å². The predicted octanol–water partition coefficient (Wildman–Crippen LogP) is 3.66. The summed E-state index contributed by atoms with van der Waals surface area (Å²) in [4.78, 5) is 0. The minimum atomic E-state index is -4.15. The van der Waals surface area contributed by atoms with E-state index in [2.05, 4.69) is 0 Å². The molecule has 0 radical (unpaired) electrons. The molecule has 1 aliphatic carbocycles. The number of alkyl halides is 3. The van der Waals surface area contributed by atoms with E-state index in [0.29, 0.717) is 6.42 Å². The van der Waals surface area contributed by atoms with Crippen molar-refractivity contribution in [3.8, 4) is 0 Å². The minimum absolute atomic E-state index is 0.0496. The highest BCUT2D eigenvalue weighted by Gasteiger charge is 2.40. The van der Waals surface area contributed by atoms with Crippen molar-refractivity contribution in [3.05, 3.63) is 0 Å². The third kappa shape index (κ3) is 3.67. The molecule has 0 aromatic rings. The second kappa shape index (κ2) is 4.73. The van der Waals surface area contributed by atoms with Crippen LogP contribution in [0.25, 0.3) is 0 Å². The van der Waals surface area contributed by atoms with Crippen LogP contribution in [0, 0.1) is 5.92 Å². The van der Waals surface area contributed by atoms with Gasteiger partial charge < -0.3 is 5.11 Å². The molecular weight excluding hydrogens is 205 g/mol. The Morgan fingerprint density at radius 2 is 2.00 bits per heavy atom. The summed E-state index contributed by atoms with van der Waals surface area (Å²) in [5, 5.41) is 10.2. The maximum Gasteiger partial charge on any atom is 0.389 e. The number of rotatable bonds is 3. The summed E-state index contributed by atoms with van der Waals surface area (Å²) in [6.45, 7) is 1.94. The Hall–Kier alpha value is -0.250. The zero-order valence-electron chi connectivity index (χ0n) is 9.11. The number of aliphatic hydroxyl groups is 1. The van der Waals surface area contributed by atoms with Gasteiger partial charge in [-0.15, -0.1) is 0 Å². The largest absolute Gasteiger partial charge is 0.390 e. The number of hydrogen-bond donors (Lipinski definition) is 1. The van der Waals surface area contributed by atoms with Gasteiger partial charge in [0, 0.05) is 6.42 Å². The number of hydrogen-bond acceptors (Lipinski definition) is 1. The lowest BCUT2D eigenvalue weighted by molar-refractivity contribution is -0.155. The monoisotopic (exact) mass is 224 g/mol. The topological polar surface area (TPSA) is 20.2 Å². The van der Waals surface area contributed by atoms with E-state index in [1.807, 2.05) is 6.92 Å². The van der Waals surface area contributed by atoms with Crippen LogP contribution in [0.3, 0.4) is 0 Å². The summed E-state index contributed by atoms with van der Waals surface area (Å²) >= 11 is 0. The highest BCUT2D eigenvalue weighted by molar-refractivity contribution is 4.89. The van der Waals surface area contributed by atoms with Gasteiger partial charge in [0.15, 0.2) is 0 Å². The highest BCUT2D eigenvalue weighted by atomic mass is 19.4. The van der Waals surface area contributed by atoms with Gasteiger partial charge in [0.25, 0.3) is 0 Å². The third-order valence-corrected chi connectivity index (χ3v) is 3.51. The summed E-state index contributed by atoms with van der Waals surface area (Å²) in [5.41, 5.74) is -1.07. The first-order chi connectivity index (χ1) is 6.87. The molecule has 1 rings (SSSR count). The van der Waals surface area contributed by atoms with Crippen molar-refractivity contribution in [1.29, 1.82) is 0 Å². The minimum Gasteiger partial charge on any atom is -0.390 e. The summed E-state index contributed by atoms with van der Waals surface area (Å²) < 4.78 is 36.3. The molecule has 1 N–H and O–H groups in total. The summed E-state index contributed by atoms with van der Waals surface area (Å²) in [5.74, 6) is 0.0496. The van der Waals surface area contributed by atoms with E-state index in [4.69, 9.17) is 0 Å². The fraction of sp³-hybridized carbons (Fsp3) is 1.00. The molecule has 0 aromatic heterocycles. The Kier molecular flexibility index (Phi) is 4.04. The van der Waals surface area contributed by atoms with Crippen LogP contribution in [0.2, 0.25) is 0 Å². The van der Waals surface area contributed by atoms with Crippen LogP contribution >= 0.6 is 0 Å². The van der Waals surface area contributed by atoms with Gasteiger partial charge in [0.1, 0.15) is 0 Å². The summed E-state index contributed by atoms with van der Waals surface area (Å²) in [6.07, 6.45) is -1.08. The first-order valence-corrected chi connectivity index (χ1v) is 5.66. The van der Waals surface area contributed by atoms with E-state index in [1.165, 1.54) is 0 Å². The third-order valence-electron chi connectivity index (χ3n) is 3.51. The smallest absolute Gasteiger partial charge is 0.389 e. The summed E-state index contributed by atoms with van der Waals surface area (Å²) in [6, 6.07) is 0. The van der Waals surface area contributed by atoms with Crippen molar-refractivity contribution in [3.63, 3.8) is 0 Å². The molecule has 0 saturated heterocycles. The van der Waals surface area contributed by atoms with Crippen molar-refractivity contribution in [2.75, 3.05) is 0 Å². The first kappa shape index (κ1) is 12.8. The van der Waals surface area contributed by atoms with Gasteiger partial charge in [-0.05, 0) is 25.2 Å². The Morgan fingerprint density at radius 3 is 2.53 bits per heavy atom. The molecular formula is C11H19F3O. The Morgan fingerprint density at radius 1 is 1.33 bits per heavy atom. The van der Waals surface area contributed by atoms with Crippen LogP contribution in [-0.4, -0.2) is 16.9 Å². The van der Waals surface area contributed by atoms with E-state index < -0.39 is 18.2 Å². The molecule has 1 nitrogen and oxygen atoms in total. The zero-order chi connectivity index (χ0) is 11.5. The van der Waals surface area contributed by atoms with Crippen molar-refractivity contribution < 1.29 is 18.3 Å². The van der Waals surface area contributed by atoms with Gasteiger partial charge in [0.2, 0.25) is 0 Å². The summed E-state index contributed by atoms with van der Waals surface area (Å²) in [7, 11) is 0. The Bertz CT molecular complexity index is 202. The fourth-order valence-corrected chi connectivity index (χ4v) is 2.57. The van der Waals surface area contributed by atoms with Gasteiger partial charge in [0.05, 0.1) is 5.60 Å². The molecule has 2 unspecified atom stereocenters. The van der Waals surface area contributed by atoms with Gasteiger partial charge >= 0.3 is 6.18 Å². The molecule has 2 atom stereocenters. The SMILES string of the molecule is CCC1CCCCC1(O)CCC(F)(F)F. The van der Waals surface area contributed by atoms with Crippen LogP contribution in [-0.2, 0) is 0 Å². The highest BCUT2D eigenvalue weighted by Crippen LogP contribution is 2.40. The number of halogens is 3. The molecule has 1 aliphatic rings. The molecule has 0 heterocycles. The fourth-order valence-electron chi connectivity index (χ4n) is 2.57. The van der Waals surface area contributed by atoms with E-state index in [9.17, 15) is 18.3 Å².